The zero-order valence-corrected chi connectivity index (χ0v) is 22.9. The van der Waals surface area contributed by atoms with Crippen LogP contribution in [0.25, 0.3) is 6.08 Å². The fourth-order valence-electron chi connectivity index (χ4n) is 2.90. The topological polar surface area (TPSA) is 179 Å². The quantitative estimate of drug-likeness (QED) is 0.124. The maximum atomic E-state index is 12.1. The fraction of sp³-hybridized carbons (Fsp3) is 0.480. The summed E-state index contributed by atoms with van der Waals surface area (Å²) >= 11 is 5.81. The molecule has 0 radical (unpaired) electrons. The minimum atomic E-state index is -4.83. The third-order valence-corrected chi connectivity index (χ3v) is 5.07. The average molecular weight is 596 g/mol. The highest BCUT2D eigenvalue weighted by Gasteiger charge is 2.32. The number of carbonyl (C=O) groups is 5. The van der Waals surface area contributed by atoms with Crippen LogP contribution in [-0.2, 0) is 28.7 Å². The van der Waals surface area contributed by atoms with E-state index in [1.807, 2.05) is 0 Å². The number of esters is 1. The van der Waals surface area contributed by atoms with Crippen LogP contribution in [0.4, 0.5) is 13.2 Å². The number of carboxylic acids is 1. The van der Waals surface area contributed by atoms with Crippen molar-refractivity contribution in [2.75, 3.05) is 13.1 Å². The molecule has 0 aliphatic rings. The van der Waals surface area contributed by atoms with E-state index in [1.165, 1.54) is 6.08 Å². The SMILES string of the molecule is CC(=O)OC(F)(F)F.CC(NC(=O)/C=C/c1ccc(Cl)cc1)C(=O)NCCCC(=O)NC(CCCC[NH3+])C(=O)O. The predicted octanol–water partition coefficient (Wildman–Crippen LogP) is 1.81. The minimum absolute atomic E-state index is 0.0873. The number of hydrogen-bond donors (Lipinski definition) is 5. The molecule has 1 aromatic carbocycles. The molecular weight excluding hydrogens is 561 g/mol. The number of unbranched alkanes of at least 4 members (excludes halogenated alkanes) is 1. The average Bonchev–Trinajstić information content (AvgIpc) is 2.84. The summed E-state index contributed by atoms with van der Waals surface area (Å²) in [7, 11) is 0. The molecule has 11 nitrogen and oxygen atoms in total. The van der Waals surface area contributed by atoms with Crippen molar-refractivity contribution < 1.29 is 52.7 Å². The second kappa shape index (κ2) is 19.4. The Morgan fingerprint density at radius 1 is 1.07 bits per heavy atom. The Labute approximate surface area is 234 Å². The second-order valence-corrected chi connectivity index (χ2v) is 8.79. The van der Waals surface area contributed by atoms with Gasteiger partial charge in [-0.2, -0.15) is 0 Å². The number of hydrogen-bond acceptors (Lipinski definition) is 6. The van der Waals surface area contributed by atoms with Crippen LogP contribution in [0.1, 0.15) is 51.5 Å². The normalized spacial score (nSPS) is 12.4. The highest BCUT2D eigenvalue weighted by molar-refractivity contribution is 6.30. The van der Waals surface area contributed by atoms with Gasteiger partial charge in [-0.15, -0.1) is 13.2 Å². The molecule has 0 aliphatic carbocycles. The number of ether oxygens (including phenoxy) is 1. The molecule has 0 aliphatic heterocycles. The summed E-state index contributed by atoms with van der Waals surface area (Å²) in [5.41, 5.74) is 4.50. The molecule has 1 rings (SSSR count). The number of halogens is 4. The van der Waals surface area contributed by atoms with Crippen molar-refractivity contribution in [2.24, 2.45) is 0 Å². The summed E-state index contributed by atoms with van der Waals surface area (Å²) < 4.78 is 35.4. The van der Waals surface area contributed by atoms with E-state index >= 15 is 0 Å². The molecule has 3 amide bonds. The van der Waals surface area contributed by atoms with Gasteiger partial charge in [-0.05, 0) is 56.4 Å². The number of carbonyl (C=O) groups excluding carboxylic acids is 4. The molecule has 0 spiro atoms. The van der Waals surface area contributed by atoms with Gasteiger partial charge in [-0.25, -0.2) is 4.79 Å². The van der Waals surface area contributed by atoms with Gasteiger partial charge in [0.15, 0.2) is 0 Å². The van der Waals surface area contributed by atoms with Gasteiger partial charge in [-0.1, -0.05) is 23.7 Å². The van der Waals surface area contributed by atoms with Crippen molar-refractivity contribution in [1.82, 2.24) is 16.0 Å². The molecule has 40 heavy (non-hydrogen) atoms. The van der Waals surface area contributed by atoms with Crippen LogP contribution in [0, 0.1) is 0 Å². The van der Waals surface area contributed by atoms with E-state index in [4.69, 9.17) is 11.6 Å². The largest absolute Gasteiger partial charge is 0.575 e. The lowest BCUT2D eigenvalue weighted by atomic mass is 10.1. The lowest BCUT2D eigenvalue weighted by Gasteiger charge is -2.15. The van der Waals surface area contributed by atoms with E-state index in [0.29, 0.717) is 31.2 Å². The Kier molecular flexibility index (Phi) is 17.6. The van der Waals surface area contributed by atoms with Gasteiger partial charge in [-0.3, -0.25) is 19.2 Å². The Bertz CT molecular complexity index is 1010. The second-order valence-electron chi connectivity index (χ2n) is 8.36. The van der Waals surface area contributed by atoms with E-state index in [1.54, 1.807) is 37.3 Å². The zero-order chi connectivity index (χ0) is 30.7. The summed E-state index contributed by atoms with van der Waals surface area (Å²) in [5, 5.41) is 17.5. The molecule has 0 aromatic heterocycles. The molecule has 0 bridgehead atoms. The van der Waals surface area contributed by atoms with Crippen molar-refractivity contribution >= 4 is 47.3 Å². The van der Waals surface area contributed by atoms with Gasteiger partial charge >= 0.3 is 18.3 Å². The van der Waals surface area contributed by atoms with Gasteiger partial charge < -0.3 is 31.5 Å². The molecule has 0 heterocycles. The first kappa shape index (κ1) is 36.4. The Morgan fingerprint density at radius 2 is 1.70 bits per heavy atom. The number of quaternary nitrogens is 1. The van der Waals surface area contributed by atoms with Crippen molar-refractivity contribution in [1.29, 1.82) is 0 Å². The van der Waals surface area contributed by atoms with E-state index in [2.05, 4.69) is 26.4 Å². The molecule has 2 unspecified atom stereocenters. The Hall–Kier alpha value is -3.65. The zero-order valence-electron chi connectivity index (χ0n) is 22.2. The standard InChI is InChI=1S/C22H31ClN4O5.C3H3F3O2/c1-15(26-20(29)12-9-16-7-10-17(23)11-8-16)21(30)25-14-4-6-19(28)27-18(22(31)32)5-2-3-13-24;1-2(7)8-3(4,5)6/h7-12,15,18H,2-6,13-14,24H2,1H3,(H,25,30)(H,26,29)(H,27,28)(H,31,32);1H3/p+1/b12-9+;. The van der Waals surface area contributed by atoms with Crippen molar-refractivity contribution in [2.45, 2.75) is 64.4 Å². The van der Waals surface area contributed by atoms with Crippen LogP contribution in [0.3, 0.4) is 0 Å². The highest BCUT2D eigenvalue weighted by Crippen LogP contribution is 2.15. The monoisotopic (exact) mass is 595 g/mol. The Morgan fingerprint density at radius 3 is 2.20 bits per heavy atom. The summed E-state index contributed by atoms with van der Waals surface area (Å²) in [4.78, 5) is 56.7. The fourth-order valence-corrected chi connectivity index (χ4v) is 3.02. The third kappa shape index (κ3) is 19.4. The Balaban J connectivity index is 0.00000165. The molecule has 1 aromatic rings. The van der Waals surface area contributed by atoms with E-state index in [-0.39, 0.29) is 24.8 Å². The summed E-state index contributed by atoms with van der Waals surface area (Å²) in [6, 6.07) is 5.28. The first-order chi connectivity index (χ1) is 18.6. The maximum Gasteiger partial charge on any atom is 0.575 e. The van der Waals surface area contributed by atoms with Gasteiger partial charge in [0.2, 0.25) is 17.7 Å². The number of rotatable bonds is 14. The molecule has 2 atom stereocenters. The lowest BCUT2D eigenvalue weighted by molar-refractivity contribution is -0.368. The third-order valence-electron chi connectivity index (χ3n) is 4.81. The number of carboxylic acid groups (broad SMARTS) is 1. The minimum Gasteiger partial charge on any atom is -0.480 e. The molecule has 7 N–H and O–H groups in total. The van der Waals surface area contributed by atoms with E-state index in [0.717, 1.165) is 18.5 Å². The maximum absolute atomic E-state index is 12.1. The number of alkyl halides is 3. The number of benzene rings is 1. The number of amides is 3. The molecule has 15 heteroatoms. The van der Waals surface area contributed by atoms with Gasteiger partial charge in [0, 0.05) is 31.0 Å². The van der Waals surface area contributed by atoms with Crippen molar-refractivity contribution in [3.63, 3.8) is 0 Å². The van der Waals surface area contributed by atoms with Crippen molar-refractivity contribution in [3.8, 4) is 0 Å². The summed E-state index contributed by atoms with van der Waals surface area (Å²) in [5.74, 6) is -3.59. The molecular formula is C25H35ClF3N4O7+. The van der Waals surface area contributed by atoms with Crippen LogP contribution < -0.4 is 21.7 Å². The smallest absolute Gasteiger partial charge is 0.480 e. The lowest BCUT2D eigenvalue weighted by Crippen LogP contribution is -2.50. The number of aliphatic carboxylic acids is 1. The van der Waals surface area contributed by atoms with E-state index in [9.17, 15) is 42.3 Å². The molecule has 0 fully saturated rings. The van der Waals surface area contributed by atoms with Crippen LogP contribution in [0.5, 0.6) is 0 Å². The van der Waals surface area contributed by atoms with Gasteiger partial charge in [0.25, 0.3) is 0 Å². The first-order valence-corrected chi connectivity index (χ1v) is 12.6. The van der Waals surface area contributed by atoms with Crippen LogP contribution in [-0.4, -0.2) is 66.3 Å². The van der Waals surface area contributed by atoms with Gasteiger partial charge in [0.05, 0.1) is 6.54 Å². The summed E-state index contributed by atoms with van der Waals surface area (Å²) in [6.07, 6.45) is 0.380. The van der Waals surface area contributed by atoms with Crippen LogP contribution >= 0.6 is 11.6 Å². The van der Waals surface area contributed by atoms with E-state index < -0.39 is 36.3 Å². The van der Waals surface area contributed by atoms with Crippen molar-refractivity contribution in [3.05, 3.63) is 40.9 Å². The number of nitrogens with one attached hydrogen (secondary N) is 3. The first-order valence-electron chi connectivity index (χ1n) is 12.2. The summed E-state index contributed by atoms with van der Waals surface area (Å²) in [6.45, 7) is 3.19. The molecule has 0 saturated heterocycles. The highest BCUT2D eigenvalue weighted by atomic mass is 35.5. The van der Waals surface area contributed by atoms with Crippen LogP contribution in [0.15, 0.2) is 30.3 Å². The van der Waals surface area contributed by atoms with Gasteiger partial charge in [0.1, 0.15) is 12.1 Å². The molecule has 224 valence electrons. The predicted molar refractivity (Wildman–Crippen MR) is 139 cm³/mol. The molecule has 0 saturated carbocycles. The van der Waals surface area contributed by atoms with Crippen LogP contribution in [0.2, 0.25) is 5.02 Å².